The van der Waals surface area contributed by atoms with Crippen LogP contribution in [0.15, 0.2) is 24.3 Å². The van der Waals surface area contributed by atoms with Gasteiger partial charge in [0.1, 0.15) is 0 Å². The molecule has 82 valence electrons. The molecule has 1 aliphatic rings. The molecule has 1 saturated carbocycles. The second kappa shape index (κ2) is 3.40. The average molecular weight is 214 g/mol. The summed E-state index contributed by atoms with van der Waals surface area (Å²) in [5, 5.41) is 13.9. The van der Waals surface area contributed by atoms with Crippen LogP contribution in [0.1, 0.15) is 36.7 Å². The van der Waals surface area contributed by atoms with Crippen LogP contribution in [0.4, 0.5) is 0 Å². The van der Waals surface area contributed by atoms with Gasteiger partial charge in [-0.25, -0.2) is 0 Å². The summed E-state index contributed by atoms with van der Waals surface area (Å²) in [6.45, 7) is 2.32. The van der Waals surface area contributed by atoms with Crippen LogP contribution in [-0.2, 0) is 11.8 Å². The fraction of sp³-hybridized carbons (Fsp3) is 0.417. The van der Waals surface area contributed by atoms with Crippen molar-refractivity contribution < 1.29 is 0 Å². The molecular weight excluding hydrogens is 200 g/mol. The summed E-state index contributed by atoms with van der Waals surface area (Å²) >= 11 is 0. The summed E-state index contributed by atoms with van der Waals surface area (Å²) in [7, 11) is 0. The van der Waals surface area contributed by atoms with E-state index in [1.165, 1.54) is 24.0 Å². The molecule has 0 amide bonds. The predicted molar refractivity (Wildman–Crippen MR) is 60.0 cm³/mol. The van der Waals surface area contributed by atoms with Crippen molar-refractivity contribution in [3.8, 4) is 0 Å². The molecule has 0 bridgehead atoms. The minimum atomic E-state index is 0.449. The van der Waals surface area contributed by atoms with Crippen LogP contribution in [0.5, 0.6) is 0 Å². The van der Waals surface area contributed by atoms with E-state index in [2.05, 4.69) is 51.8 Å². The number of tetrazole rings is 1. The lowest BCUT2D eigenvalue weighted by Crippen LogP contribution is -1.99. The van der Waals surface area contributed by atoms with Crippen LogP contribution in [0.25, 0.3) is 0 Å². The molecular formula is C12H14N4. The second-order valence-corrected chi connectivity index (χ2v) is 4.76. The van der Waals surface area contributed by atoms with Gasteiger partial charge in [-0.2, -0.15) is 5.21 Å². The first kappa shape index (κ1) is 9.51. The van der Waals surface area contributed by atoms with Gasteiger partial charge in [0.2, 0.25) is 0 Å². The van der Waals surface area contributed by atoms with Crippen molar-refractivity contribution in [2.45, 2.75) is 31.6 Å². The van der Waals surface area contributed by atoms with Gasteiger partial charge >= 0.3 is 0 Å². The highest BCUT2D eigenvalue weighted by Crippen LogP contribution is 2.47. The van der Waals surface area contributed by atoms with Crippen LogP contribution in [0.3, 0.4) is 0 Å². The van der Waals surface area contributed by atoms with Gasteiger partial charge in [-0.05, 0) is 29.4 Å². The molecule has 1 aromatic carbocycles. The summed E-state index contributed by atoms with van der Waals surface area (Å²) in [5.74, 6) is 0.741. The normalized spacial score (nSPS) is 17.3. The van der Waals surface area contributed by atoms with Gasteiger partial charge in [0.25, 0.3) is 0 Å². The van der Waals surface area contributed by atoms with Gasteiger partial charge in [0.15, 0.2) is 5.82 Å². The van der Waals surface area contributed by atoms with Gasteiger partial charge in [0.05, 0.1) is 0 Å². The summed E-state index contributed by atoms with van der Waals surface area (Å²) < 4.78 is 0. The average Bonchev–Trinajstić information content (AvgIpc) is 2.85. The Morgan fingerprint density at radius 1 is 1.25 bits per heavy atom. The molecule has 1 aliphatic carbocycles. The van der Waals surface area contributed by atoms with E-state index in [9.17, 15) is 0 Å². The number of aromatic nitrogens is 4. The number of rotatable bonds is 3. The number of benzene rings is 1. The molecule has 1 aromatic heterocycles. The number of H-pyrrole nitrogens is 1. The van der Waals surface area contributed by atoms with Crippen LogP contribution in [0, 0.1) is 0 Å². The van der Waals surface area contributed by atoms with E-state index in [0.29, 0.717) is 5.41 Å². The first-order valence-corrected chi connectivity index (χ1v) is 5.58. The summed E-state index contributed by atoms with van der Waals surface area (Å²) in [4.78, 5) is 0. The molecule has 0 spiro atoms. The third-order valence-electron chi connectivity index (χ3n) is 3.40. The maximum Gasteiger partial charge on any atom is 0.178 e. The van der Waals surface area contributed by atoms with Crippen molar-refractivity contribution in [3.05, 3.63) is 41.2 Å². The fourth-order valence-corrected chi connectivity index (χ4v) is 1.94. The molecule has 0 atom stereocenters. The highest BCUT2D eigenvalue weighted by atomic mass is 15.5. The van der Waals surface area contributed by atoms with Crippen molar-refractivity contribution in [3.63, 3.8) is 0 Å². The minimum absolute atomic E-state index is 0.449. The molecule has 4 nitrogen and oxygen atoms in total. The summed E-state index contributed by atoms with van der Waals surface area (Å²) in [6.07, 6.45) is 3.38. The van der Waals surface area contributed by atoms with Crippen LogP contribution in [0.2, 0.25) is 0 Å². The fourth-order valence-electron chi connectivity index (χ4n) is 1.94. The lowest BCUT2D eigenvalue weighted by Gasteiger charge is -2.08. The third kappa shape index (κ3) is 1.71. The highest BCUT2D eigenvalue weighted by molar-refractivity contribution is 5.33. The molecule has 1 heterocycles. The molecule has 1 fully saturated rings. The molecule has 3 rings (SSSR count). The molecule has 2 aromatic rings. The Morgan fingerprint density at radius 3 is 2.56 bits per heavy atom. The number of nitrogens with one attached hydrogen (secondary N) is 1. The lowest BCUT2D eigenvalue weighted by molar-refractivity contribution is 0.787. The Balaban J connectivity index is 1.77. The summed E-state index contributed by atoms with van der Waals surface area (Å²) in [6, 6.07) is 8.77. The quantitative estimate of drug-likeness (QED) is 0.848. The molecule has 0 saturated heterocycles. The topological polar surface area (TPSA) is 54.5 Å². The van der Waals surface area contributed by atoms with E-state index in [0.717, 1.165) is 12.2 Å². The van der Waals surface area contributed by atoms with Crippen molar-refractivity contribution in [1.82, 2.24) is 20.6 Å². The second-order valence-electron chi connectivity index (χ2n) is 4.76. The smallest absolute Gasteiger partial charge is 0.177 e. The summed E-state index contributed by atoms with van der Waals surface area (Å²) in [5.41, 5.74) is 3.13. The predicted octanol–water partition coefficient (Wildman–Crippen LogP) is 1.84. The number of hydrogen-bond acceptors (Lipinski definition) is 3. The first-order chi connectivity index (χ1) is 7.76. The number of nitrogens with zero attached hydrogens (tertiary/aromatic N) is 3. The van der Waals surface area contributed by atoms with Crippen LogP contribution < -0.4 is 0 Å². The van der Waals surface area contributed by atoms with E-state index in [-0.39, 0.29) is 0 Å². The van der Waals surface area contributed by atoms with E-state index in [1.54, 1.807) is 0 Å². The molecule has 1 N–H and O–H groups in total. The van der Waals surface area contributed by atoms with E-state index in [1.807, 2.05) is 0 Å². The van der Waals surface area contributed by atoms with E-state index in [4.69, 9.17) is 0 Å². The molecule has 0 radical (unpaired) electrons. The first-order valence-electron chi connectivity index (χ1n) is 5.58. The van der Waals surface area contributed by atoms with Gasteiger partial charge in [-0.15, -0.1) is 10.2 Å². The number of aromatic amines is 1. The maximum absolute atomic E-state index is 3.95. The maximum atomic E-state index is 3.95. The van der Waals surface area contributed by atoms with Gasteiger partial charge in [-0.3, -0.25) is 0 Å². The molecule has 0 aliphatic heterocycles. The Bertz CT molecular complexity index is 468. The molecule has 4 heteroatoms. The van der Waals surface area contributed by atoms with Crippen LogP contribution in [-0.4, -0.2) is 20.6 Å². The Kier molecular flexibility index (Phi) is 2.02. The lowest BCUT2D eigenvalue weighted by atomic mass is 9.97. The van der Waals surface area contributed by atoms with Crippen molar-refractivity contribution >= 4 is 0 Å². The van der Waals surface area contributed by atoms with Gasteiger partial charge in [0, 0.05) is 6.42 Å². The monoisotopic (exact) mass is 214 g/mol. The Hall–Kier alpha value is -1.71. The van der Waals surface area contributed by atoms with Crippen molar-refractivity contribution in [2.75, 3.05) is 0 Å². The minimum Gasteiger partial charge on any atom is -0.177 e. The Labute approximate surface area is 94.1 Å². The van der Waals surface area contributed by atoms with Crippen molar-refractivity contribution in [2.24, 2.45) is 0 Å². The highest BCUT2D eigenvalue weighted by Gasteiger charge is 2.38. The van der Waals surface area contributed by atoms with Crippen molar-refractivity contribution in [1.29, 1.82) is 0 Å². The number of hydrogen-bond donors (Lipinski definition) is 1. The zero-order valence-corrected chi connectivity index (χ0v) is 9.27. The standard InChI is InChI=1S/C12H14N4/c1-12(6-7-12)10-4-2-9(3-5-10)8-11-13-15-16-14-11/h2-5H,6-8H2,1H3,(H,13,14,15,16). The van der Waals surface area contributed by atoms with E-state index < -0.39 is 0 Å². The van der Waals surface area contributed by atoms with Gasteiger partial charge < -0.3 is 0 Å². The Morgan fingerprint density at radius 2 is 2.00 bits per heavy atom. The third-order valence-corrected chi connectivity index (χ3v) is 3.40. The molecule has 16 heavy (non-hydrogen) atoms. The SMILES string of the molecule is CC1(c2ccc(Cc3nn[nH]n3)cc2)CC1. The van der Waals surface area contributed by atoms with E-state index >= 15 is 0 Å². The zero-order valence-electron chi connectivity index (χ0n) is 9.27. The molecule has 0 unspecified atom stereocenters. The largest absolute Gasteiger partial charge is 0.178 e. The zero-order chi connectivity index (χ0) is 11.0. The van der Waals surface area contributed by atoms with Crippen LogP contribution >= 0.6 is 0 Å². The van der Waals surface area contributed by atoms with Gasteiger partial charge in [-0.1, -0.05) is 36.4 Å².